The van der Waals surface area contributed by atoms with Crippen LogP contribution in [-0.4, -0.2) is 50.5 Å². The van der Waals surface area contributed by atoms with E-state index in [0.29, 0.717) is 15.6 Å². The Hall–Kier alpha value is -3.25. The quantitative estimate of drug-likeness (QED) is 0.172. The number of hydrogen-bond acceptors (Lipinski definition) is 6. The van der Waals surface area contributed by atoms with Gasteiger partial charge in [0.1, 0.15) is 5.82 Å². The smallest absolute Gasteiger partial charge is 0.258 e. The molecule has 0 spiro atoms. The molecule has 8 nitrogen and oxygen atoms in total. The van der Waals surface area contributed by atoms with Gasteiger partial charge in [0.25, 0.3) is 11.8 Å². The number of halogens is 5. The SMILES string of the molecule is COc1cc([C@H]2C3=CC[C@@H]4C(=O)N(Cc5ccccc5)C(=O)[C@@H]4[C@@H]3C[C@@]3(Cl)C(=O)N(c4ccc(F)cc4)C(=O)[C@@]23Cl)c(Br)c(Br)c1O. The number of anilines is 1. The van der Waals surface area contributed by atoms with Crippen LogP contribution in [0.25, 0.3) is 0 Å². The fourth-order valence-corrected chi connectivity index (χ4v) is 9.59. The maximum atomic E-state index is 14.6. The third kappa shape index (κ3) is 4.49. The van der Waals surface area contributed by atoms with Crippen molar-refractivity contribution in [2.24, 2.45) is 17.8 Å². The number of ether oxygens (including phenoxy) is 1. The third-order valence-corrected chi connectivity index (χ3v) is 13.4. The molecule has 7 rings (SSSR count). The van der Waals surface area contributed by atoms with Crippen molar-refractivity contribution < 1.29 is 33.4 Å². The zero-order valence-electron chi connectivity index (χ0n) is 24.6. The van der Waals surface area contributed by atoms with E-state index in [-0.39, 0.29) is 47.0 Å². The number of benzene rings is 3. The predicted octanol–water partition coefficient (Wildman–Crippen LogP) is 6.83. The van der Waals surface area contributed by atoms with E-state index in [0.717, 1.165) is 22.6 Å². The van der Waals surface area contributed by atoms with Crippen LogP contribution < -0.4 is 9.64 Å². The number of allylic oxidation sites excluding steroid dienone is 2. The first-order valence-corrected chi connectivity index (χ1v) is 17.1. The minimum absolute atomic E-state index is 0.0558. The minimum Gasteiger partial charge on any atom is -0.503 e. The van der Waals surface area contributed by atoms with Gasteiger partial charge in [-0.25, -0.2) is 9.29 Å². The molecule has 3 aromatic carbocycles. The second kappa shape index (κ2) is 11.4. The lowest BCUT2D eigenvalue weighted by molar-refractivity contribution is -0.141. The summed E-state index contributed by atoms with van der Waals surface area (Å²) in [7, 11) is 1.36. The van der Waals surface area contributed by atoms with Crippen molar-refractivity contribution >= 4 is 84.4 Å². The van der Waals surface area contributed by atoms with Crippen LogP contribution in [-0.2, 0) is 25.7 Å². The maximum absolute atomic E-state index is 14.6. The number of carbonyl (C=O) groups is 4. The van der Waals surface area contributed by atoms with Gasteiger partial charge in [0.2, 0.25) is 11.8 Å². The van der Waals surface area contributed by atoms with Crippen LogP contribution in [0.4, 0.5) is 10.1 Å². The fourth-order valence-electron chi connectivity index (χ4n) is 7.71. The van der Waals surface area contributed by atoms with Crippen LogP contribution in [0.3, 0.4) is 0 Å². The summed E-state index contributed by atoms with van der Waals surface area (Å²) in [6.45, 7) is 0.0892. The highest BCUT2D eigenvalue weighted by atomic mass is 79.9. The van der Waals surface area contributed by atoms with Gasteiger partial charge in [0.05, 0.1) is 35.7 Å². The second-order valence-corrected chi connectivity index (χ2v) is 15.0. The molecule has 13 heteroatoms. The zero-order valence-corrected chi connectivity index (χ0v) is 29.2. The molecule has 0 bridgehead atoms. The van der Waals surface area contributed by atoms with Crippen molar-refractivity contribution in [1.82, 2.24) is 4.90 Å². The van der Waals surface area contributed by atoms with Gasteiger partial charge in [-0.2, -0.15) is 0 Å². The molecule has 6 atom stereocenters. The number of phenolic OH excluding ortho intramolecular Hbond substituents is 1. The Morgan fingerprint density at radius 3 is 2.30 bits per heavy atom. The summed E-state index contributed by atoms with van der Waals surface area (Å²) in [6, 6.07) is 15.5. The minimum atomic E-state index is -2.14. The van der Waals surface area contributed by atoms with E-state index < -0.39 is 57.0 Å². The summed E-state index contributed by atoms with van der Waals surface area (Å²) in [4.78, 5) is 54.8. The Morgan fingerprint density at radius 1 is 0.957 bits per heavy atom. The van der Waals surface area contributed by atoms with Crippen LogP contribution in [0.15, 0.2) is 81.3 Å². The molecule has 4 amide bonds. The number of alkyl halides is 2. The molecule has 2 aliphatic heterocycles. The van der Waals surface area contributed by atoms with Crippen molar-refractivity contribution in [3.63, 3.8) is 0 Å². The summed E-state index contributed by atoms with van der Waals surface area (Å²) in [5, 5.41) is 10.8. The molecular formula is C34H25Br2Cl2FN2O6. The van der Waals surface area contributed by atoms with Crippen molar-refractivity contribution in [3.05, 3.63) is 98.2 Å². The molecule has 2 heterocycles. The highest BCUT2D eigenvalue weighted by molar-refractivity contribution is 9.13. The summed E-state index contributed by atoms with van der Waals surface area (Å²) in [5.41, 5.74) is 1.80. The molecule has 0 aromatic heterocycles. The number of methoxy groups -OCH3 is 1. The van der Waals surface area contributed by atoms with Crippen LogP contribution in [0.1, 0.15) is 29.9 Å². The molecule has 1 N–H and O–H groups in total. The lowest BCUT2D eigenvalue weighted by Gasteiger charge is -2.51. The summed E-state index contributed by atoms with van der Waals surface area (Å²) >= 11 is 21.8. The van der Waals surface area contributed by atoms with E-state index in [4.69, 9.17) is 27.9 Å². The molecule has 3 fully saturated rings. The summed E-state index contributed by atoms with van der Waals surface area (Å²) in [5.74, 6) is -6.55. The summed E-state index contributed by atoms with van der Waals surface area (Å²) in [6.07, 6.45) is 1.81. The van der Waals surface area contributed by atoms with Gasteiger partial charge in [0.15, 0.2) is 21.2 Å². The van der Waals surface area contributed by atoms with Crippen molar-refractivity contribution in [1.29, 1.82) is 0 Å². The number of likely N-dealkylation sites (tertiary alicyclic amines) is 1. The van der Waals surface area contributed by atoms with Crippen LogP contribution >= 0.6 is 55.1 Å². The average Bonchev–Trinajstić information content (AvgIpc) is 3.39. The van der Waals surface area contributed by atoms with Gasteiger partial charge < -0.3 is 9.84 Å². The van der Waals surface area contributed by atoms with Crippen LogP contribution in [0, 0.1) is 23.6 Å². The van der Waals surface area contributed by atoms with Gasteiger partial charge in [-0.05, 0) is 92.1 Å². The zero-order chi connectivity index (χ0) is 33.6. The largest absolute Gasteiger partial charge is 0.503 e. The Bertz CT molecular complexity index is 1910. The lowest BCUT2D eigenvalue weighted by Crippen LogP contribution is -2.60. The lowest BCUT2D eigenvalue weighted by atomic mass is 9.56. The maximum Gasteiger partial charge on any atom is 0.258 e. The predicted molar refractivity (Wildman–Crippen MR) is 179 cm³/mol. The van der Waals surface area contributed by atoms with Crippen LogP contribution in [0.2, 0.25) is 0 Å². The first kappa shape index (κ1) is 32.3. The van der Waals surface area contributed by atoms with Crippen LogP contribution in [0.5, 0.6) is 11.5 Å². The van der Waals surface area contributed by atoms with Gasteiger partial charge in [-0.1, -0.05) is 42.0 Å². The third-order valence-electron chi connectivity index (χ3n) is 9.88. The van der Waals surface area contributed by atoms with E-state index in [2.05, 4.69) is 31.9 Å². The first-order chi connectivity index (χ1) is 22.3. The summed E-state index contributed by atoms with van der Waals surface area (Å²) < 4.78 is 19.9. The normalized spacial score (nSPS) is 29.9. The molecule has 3 aromatic rings. The van der Waals surface area contributed by atoms with E-state index in [1.807, 2.05) is 36.4 Å². The molecule has 0 radical (unpaired) electrons. The first-order valence-electron chi connectivity index (χ1n) is 14.7. The van der Waals surface area contributed by atoms with Gasteiger partial charge >= 0.3 is 0 Å². The Balaban J connectivity index is 1.41. The number of nitrogens with zero attached hydrogens (tertiary/aromatic N) is 2. The number of imide groups is 2. The molecule has 2 aliphatic carbocycles. The fraction of sp³-hybridized carbons (Fsp3) is 0.294. The Morgan fingerprint density at radius 2 is 1.64 bits per heavy atom. The highest BCUT2D eigenvalue weighted by Crippen LogP contribution is 2.67. The number of phenols is 1. The van der Waals surface area contributed by atoms with Gasteiger partial charge in [0, 0.05) is 10.4 Å². The number of rotatable bonds is 5. The van der Waals surface area contributed by atoms with E-state index >= 15 is 0 Å². The Labute approximate surface area is 295 Å². The average molecular weight is 807 g/mol. The molecule has 4 aliphatic rings. The number of hydrogen-bond donors (Lipinski definition) is 1. The van der Waals surface area contributed by atoms with Crippen molar-refractivity contribution in [2.75, 3.05) is 12.0 Å². The van der Waals surface area contributed by atoms with E-state index in [9.17, 15) is 28.7 Å². The number of aromatic hydroxyl groups is 1. The monoisotopic (exact) mass is 804 g/mol. The van der Waals surface area contributed by atoms with Gasteiger partial charge in [-0.3, -0.25) is 24.1 Å². The number of fused-ring (bicyclic) bond motifs is 4. The number of amides is 4. The van der Waals surface area contributed by atoms with Crippen molar-refractivity contribution in [3.8, 4) is 11.5 Å². The molecule has 242 valence electrons. The number of carbonyl (C=O) groups excluding carboxylic acids is 4. The topological polar surface area (TPSA) is 104 Å². The van der Waals surface area contributed by atoms with E-state index in [1.165, 1.54) is 30.2 Å². The molecular weight excluding hydrogens is 782 g/mol. The highest BCUT2D eigenvalue weighted by Gasteiger charge is 2.76. The standard InChI is InChI=1S/C34H25Br2Cl2FN2O6/c1-47-23-13-21(26(35)27(36)28(23)42)25-19-11-12-20-24(30(44)40(29(20)43)15-16-5-3-2-4-6-16)22(19)14-33(37)31(45)41(32(46)34(25,33)38)18-9-7-17(39)8-10-18/h2-11,13,20,22,24-25,42H,12,14-15H2,1H3/t20-,22+,24-,25+,33+,34-/m0/s1. The Kier molecular flexibility index (Phi) is 7.85. The molecule has 47 heavy (non-hydrogen) atoms. The second-order valence-electron chi connectivity index (χ2n) is 12.1. The van der Waals surface area contributed by atoms with Crippen molar-refractivity contribution in [2.45, 2.75) is 35.1 Å². The molecule has 2 saturated heterocycles. The molecule has 0 unspecified atom stereocenters. The van der Waals surface area contributed by atoms with E-state index in [1.54, 1.807) is 0 Å². The molecule has 1 saturated carbocycles. The van der Waals surface area contributed by atoms with Gasteiger partial charge in [-0.15, -0.1) is 23.2 Å².